The summed E-state index contributed by atoms with van der Waals surface area (Å²) in [6.45, 7) is 0.534. The Hall–Kier alpha value is -2.82. The zero-order valence-electron chi connectivity index (χ0n) is 13.6. The van der Waals surface area contributed by atoms with Crippen LogP contribution in [0.5, 0.6) is 0 Å². The van der Waals surface area contributed by atoms with Crippen LogP contribution in [0.25, 0.3) is 21.7 Å². The summed E-state index contributed by atoms with van der Waals surface area (Å²) in [7, 11) is 1.38. The lowest BCUT2D eigenvalue weighted by Crippen LogP contribution is -2.24. The number of benzene rings is 2. The van der Waals surface area contributed by atoms with Crippen LogP contribution in [0, 0.1) is 0 Å². The quantitative estimate of drug-likeness (QED) is 0.539. The second kappa shape index (κ2) is 7.17. The Morgan fingerprint density at radius 2 is 1.92 bits per heavy atom. The highest BCUT2D eigenvalue weighted by Gasteiger charge is 2.10. The normalized spacial score (nSPS) is 10.9. The van der Waals surface area contributed by atoms with Gasteiger partial charge in [0, 0.05) is 23.9 Å². The number of H-pyrrole nitrogens is 1. The van der Waals surface area contributed by atoms with Crippen LogP contribution >= 0.6 is 0 Å². The van der Waals surface area contributed by atoms with E-state index >= 15 is 0 Å². The third kappa shape index (κ3) is 3.40. The highest BCUT2D eigenvalue weighted by Crippen LogP contribution is 2.25. The van der Waals surface area contributed by atoms with Crippen molar-refractivity contribution in [2.24, 2.45) is 0 Å². The maximum absolute atomic E-state index is 12.3. The lowest BCUT2D eigenvalue weighted by atomic mass is 10.1. The molecule has 0 unspecified atom stereocenters. The first-order valence-corrected chi connectivity index (χ1v) is 8.04. The van der Waals surface area contributed by atoms with E-state index < -0.39 is 0 Å². The fourth-order valence-electron chi connectivity index (χ4n) is 2.80. The van der Waals surface area contributed by atoms with E-state index in [0.29, 0.717) is 25.1 Å². The summed E-state index contributed by atoms with van der Waals surface area (Å²) >= 11 is 0. The largest absolute Gasteiger partial charge is 0.469 e. The average Bonchev–Trinajstić information content (AvgIpc) is 3.06. The number of esters is 1. The predicted octanol–water partition coefficient (Wildman–Crippen LogP) is 3.39. The molecule has 0 saturated carbocycles. The second-order valence-corrected chi connectivity index (χ2v) is 5.72. The Balaban J connectivity index is 1.65. The number of ether oxygens (including phenoxy) is 1. The van der Waals surface area contributed by atoms with Gasteiger partial charge in [0.05, 0.1) is 7.11 Å². The van der Waals surface area contributed by atoms with Crippen LogP contribution < -0.4 is 5.32 Å². The van der Waals surface area contributed by atoms with Crippen LogP contribution in [0.1, 0.15) is 29.8 Å². The molecule has 0 saturated heterocycles. The molecule has 0 aliphatic carbocycles. The summed E-state index contributed by atoms with van der Waals surface area (Å²) in [6, 6.07) is 14.0. The third-order valence-corrected chi connectivity index (χ3v) is 4.09. The molecule has 5 heteroatoms. The molecule has 1 amide bonds. The molecule has 3 aromatic rings. The summed E-state index contributed by atoms with van der Waals surface area (Å²) in [6.07, 6.45) is 1.82. The van der Waals surface area contributed by atoms with E-state index in [9.17, 15) is 9.59 Å². The van der Waals surface area contributed by atoms with Gasteiger partial charge in [-0.05, 0) is 35.7 Å². The molecule has 0 aliphatic rings. The summed E-state index contributed by atoms with van der Waals surface area (Å²) in [5, 5.41) is 6.20. The van der Waals surface area contributed by atoms with Gasteiger partial charge in [0.2, 0.25) is 0 Å². The van der Waals surface area contributed by atoms with Crippen molar-refractivity contribution < 1.29 is 14.3 Å². The van der Waals surface area contributed by atoms with E-state index in [2.05, 4.69) is 27.2 Å². The topological polar surface area (TPSA) is 71.2 Å². The number of hydrogen-bond donors (Lipinski definition) is 2. The van der Waals surface area contributed by atoms with Crippen molar-refractivity contribution in [3.63, 3.8) is 0 Å². The highest BCUT2D eigenvalue weighted by atomic mass is 16.5. The number of amides is 1. The van der Waals surface area contributed by atoms with Crippen molar-refractivity contribution in [2.45, 2.75) is 19.3 Å². The minimum atomic E-state index is -0.219. The number of carbonyl (C=O) groups excluding carboxylic acids is 2. The van der Waals surface area contributed by atoms with Gasteiger partial charge in [0.15, 0.2) is 0 Å². The SMILES string of the molecule is COC(=O)CCCCNC(=O)c1cc2c(ccc3ccccc32)[nH]1. The zero-order valence-corrected chi connectivity index (χ0v) is 13.6. The second-order valence-electron chi connectivity index (χ2n) is 5.72. The van der Waals surface area contributed by atoms with Gasteiger partial charge >= 0.3 is 5.97 Å². The number of rotatable bonds is 6. The fourth-order valence-corrected chi connectivity index (χ4v) is 2.80. The minimum Gasteiger partial charge on any atom is -0.469 e. The van der Waals surface area contributed by atoms with Gasteiger partial charge < -0.3 is 15.0 Å². The van der Waals surface area contributed by atoms with Gasteiger partial charge in [-0.1, -0.05) is 30.3 Å². The molecule has 5 nitrogen and oxygen atoms in total. The molecule has 24 heavy (non-hydrogen) atoms. The number of methoxy groups -OCH3 is 1. The maximum atomic E-state index is 12.3. The van der Waals surface area contributed by atoms with E-state index in [1.54, 1.807) is 0 Å². The zero-order chi connectivity index (χ0) is 16.9. The van der Waals surface area contributed by atoms with Crippen molar-refractivity contribution >= 4 is 33.6 Å². The maximum Gasteiger partial charge on any atom is 0.305 e. The minimum absolute atomic E-state index is 0.131. The first-order chi connectivity index (χ1) is 11.7. The van der Waals surface area contributed by atoms with E-state index in [0.717, 1.165) is 28.1 Å². The van der Waals surface area contributed by atoms with E-state index in [4.69, 9.17) is 0 Å². The van der Waals surface area contributed by atoms with Crippen LogP contribution in [-0.2, 0) is 9.53 Å². The molecule has 2 aromatic carbocycles. The molecule has 0 fully saturated rings. The van der Waals surface area contributed by atoms with Crippen LogP contribution in [0.3, 0.4) is 0 Å². The first-order valence-electron chi connectivity index (χ1n) is 8.04. The first kappa shape index (κ1) is 16.1. The van der Waals surface area contributed by atoms with Crippen molar-refractivity contribution in [3.05, 3.63) is 48.2 Å². The Kier molecular flexibility index (Phi) is 4.79. The molecular formula is C19H20N2O3. The average molecular weight is 324 g/mol. The number of aromatic amines is 1. The van der Waals surface area contributed by atoms with Crippen LogP contribution in [0.4, 0.5) is 0 Å². The fraction of sp³-hybridized carbons (Fsp3) is 0.263. The van der Waals surface area contributed by atoms with Crippen molar-refractivity contribution in [2.75, 3.05) is 13.7 Å². The van der Waals surface area contributed by atoms with Crippen LogP contribution in [0.2, 0.25) is 0 Å². The van der Waals surface area contributed by atoms with Crippen molar-refractivity contribution in [1.82, 2.24) is 10.3 Å². The number of hydrogen-bond acceptors (Lipinski definition) is 3. The summed E-state index contributed by atoms with van der Waals surface area (Å²) in [4.78, 5) is 26.5. The highest BCUT2D eigenvalue weighted by molar-refractivity contribution is 6.09. The Morgan fingerprint density at radius 3 is 2.75 bits per heavy atom. The summed E-state index contributed by atoms with van der Waals surface area (Å²) < 4.78 is 4.58. The van der Waals surface area contributed by atoms with Gasteiger partial charge in [-0.3, -0.25) is 9.59 Å². The molecular weight excluding hydrogens is 304 g/mol. The number of unbranched alkanes of at least 4 members (excludes halogenated alkanes) is 1. The summed E-state index contributed by atoms with van der Waals surface area (Å²) in [5.41, 5.74) is 1.50. The molecule has 0 atom stereocenters. The van der Waals surface area contributed by atoms with Gasteiger partial charge in [-0.25, -0.2) is 0 Å². The van der Waals surface area contributed by atoms with E-state index in [1.807, 2.05) is 30.3 Å². The van der Waals surface area contributed by atoms with Crippen LogP contribution in [0.15, 0.2) is 42.5 Å². The standard InChI is InChI=1S/C19H20N2O3/c1-24-18(22)8-4-5-11-20-19(23)17-12-15-14-7-3-2-6-13(14)9-10-16(15)21-17/h2-3,6-7,9-10,12,21H,4-5,8,11H2,1H3,(H,20,23). The smallest absolute Gasteiger partial charge is 0.305 e. The molecule has 0 aliphatic heterocycles. The van der Waals surface area contributed by atoms with Crippen molar-refractivity contribution in [1.29, 1.82) is 0 Å². The van der Waals surface area contributed by atoms with Gasteiger partial charge in [-0.2, -0.15) is 0 Å². The summed E-state index contributed by atoms with van der Waals surface area (Å²) in [5.74, 6) is -0.350. The third-order valence-electron chi connectivity index (χ3n) is 4.09. The number of nitrogens with one attached hydrogen (secondary N) is 2. The molecule has 1 aromatic heterocycles. The lowest BCUT2D eigenvalue weighted by molar-refractivity contribution is -0.140. The molecule has 3 rings (SSSR count). The van der Waals surface area contributed by atoms with Gasteiger partial charge in [0.25, 0.3) is 5.91 Å². The van der Waals surface area contributed by atoms with Gasteiger partial charge in [-0.15, -0.1) is 0 Å². The predicted molar refractivity (Wildman–Crippen MR) is 94.0 cm³/mol. The van der Waals surface area contributed by atoms with E-state index in [-0.39, 0.29) is 11.9 Å². The Bertz CT molecular complexity index is 883. The van der Waals surface area contributed by atoms with Crippen LogP contribution in [-0.4, -0.2) is 30.5 Å². The molecule has 0 radical (unpaired) electrons. The number of aromatic nitrogens is 1. The molecule has 0 bridgehead atoms. The number of fused-ring (bicyclic) bond motifs is 3. The Morgan fingerprint density at radius 1 is 1.08 bits per heavy atom. The van der Waals surface area contributed by atoms with Crippen molar-refractivity contribution in [3.8, 4) is 0 Å². The molecule has 2 N–H and O–H groups in total. The lowest BCUT2D eigenvalue weighted by Gasteiger charge is -2.03. The van der Waals surface area contributed by atoms with Gasteiger partial charge in [0.1, 0.15) is 5.69 Å². The number of carbonyl (C=O) groups is 2. The molecule has 124 valence electrons. The van der Waals surface area contributed by atoms with E-state index in [1.165, 1.54) is 7.11 Å². The monoisotopic (exact) mass is 324 g/mol. The Labute approximate surface area is 140 Å². The molecule has 0 spiro atoms. The molecule has 1 heterocycles.